The number of aliphatic hydroxyl groups is 1. The van der Waals surface area contributed by atoms with E-state index in [0.29, 0.717) is 6.42 Å². The molecule has 2 N–H and O–H groups in total. The van der Waals surface area contributed by atoms with E-state index >= 15 is 0 Å². The van der Waals surface area contributed by atoms with Crippen LogP contribution in [0.4, 0.5) is 4.79 Å². The number of nitrogens with one attached hydrogen (secondary N) is 1. The summed E-state index contributed by atoms with van der Waals surface area (Å²) in [5.74, 6) is 0.262. The first-order valence-electron chi connectivity index (χ1n) is 5.73. The van der Waals surface area contributed by atoms with Crippen molar-refractivity contribution in [1.82, 2.24) is 5.32 Å². The van der Waals surface area contributed by atoms with Gasteiger partial charge in [-0.2, -0.15) is 5.26 Å². The molecule has 0 heterocycles. The third-order valence-electron chi connectivity index (χ3n) is 1.94. The Bertz CT molecular complexity index is 289. The topological polar surface area (TPSA) is 82.3 Å². The highest BCUT2D eigenvalue weighted by atomic mass is 16.6. The van der Waals surface area contributed by atoms with Crippen molar-refractivity contribution in [3.63, 3.8) is 0 Å². The molecule has 0 aromatic rings. The van der Waals surface area contributed by atoms with Gasteiger partial charge in [0, 0.05) is 0 Å². The zero-order valence-electron chi connectivity index (χ0n) is 11.2. The van der Waals surface area contributed by atoms with E-state index in [2.05, 4.69) is 5.32 Å². The van der Waals surface area contributed by atoms with Gasteiger partial charge in [0.1, 0.15) is 5.60 Å². The van der Waals surface area contributed by atoms with Crippen LogP contribution >= 0.6 is 0 Å². The molecule has 5 heteroatoms. The monoisotopic (exact) mass is 242 g/mol. The standard InChI is InChI=1S/C12H22N2O3/c1-8(2)6-9(10(15)7-13)14-11(16)17-12(3,4)5/h8-10,15H,6H2,1-5H3,(H,14,16)/t9-,10-/m0/s1. The molecule has 0 rings (SSSR count). The Labute approximate surface area is 103 Å². The maximum Gasteiger partial charge on any atom is 0.407 e. The number of ether oxygens (including phenoxy) is 1. The molecule has 0 saturated heterocycles. The van der Waals surface area contributed by atoms with Crippen molar-refractivity contribution in [2.24, 2.45) is 5.92 Å². The summed E-state index contributed by atoms with van der Waals surface area (Å²) in [6.07, 6.45) is -1.31. The molecule has 0 aliphatic heterocycles. The minimum absolute atomic E-state index is 0.262. The summed E-state index contributed by atoms with van der Waals surface area (Å²) in [6, 6.07) is 1.12. The summed E-state index contributed by atoms with van der Waals surface area (Å²) in [5.41, 5.74) is -0.593. The van der Waals surface area contributed by atoms with Crippen LogP contribution in [0.15, 0.2) is 0 Å². The molecule has 5 nitrogen and oxygen atoms in total. The molecule has 2 atom stereocenters. The number of carbonyl (C=O) groups excluding carboxylic acids is 1. The van der Waals surface area contributed by atoms with Crippen molar-refractivity contribution in [1.29, 1.82) is 5.26 Å². The predicted molar refractivity (Wildman–Crippen MR) is 64.2 cm³/mol. The van der Waals surface area contributed by atoms with E-state index in [0.717, 1.165) is 0 Å². The lowest BCUT2D eigenvalue weighted by Crippen LogP contribution is -2.45. The number of rotatable bonds is 4. The number of nitrogens with zero attached hydrogens (tertiary/aromatic N) is 1. The lowest BCUT2D eigenvalue weighted by Gasteiger charge is -2.25. The Balaban J connectivity index is 4.44. The van der Waals surface area contributed by atoms with Crippen LogP contribution in [0.25, 0.3) is 0 Å². The van der Waals surface area contributed by atoms with E-state index in [1.165, 1.54) is 0 Å². The molecule has 98 valence electrons. The van der Waals surface area contributed by atoms with Crippen LogP contribution in [0.5, 0.6) is 0 Å². The number of alkyl carbamates (subject to hydrolysis) is 1. The van der Waals surface area contributed by atoms with Crippen LogP contribution in [-0.4, -0.2) is 28.9 Å². The van der Waals surface area contributed by atoms with Crippen LogP contribution in [0, 0.1) is 17.2 Å². The average molecular weight is 242 g/mol. The molecule has 1 amide bonds. The van der Waals surface area contributed by atoms with Gasteiger partial charge in [-0.25, -0.2) is 4.79 Å². The molecule has 0 aliphatic carbocycles. The molecule has 0 saturated carbocycles. The van der Waals surface area contributed by atoms with Gasteiger partial charge in [0.25, 0.3) is 0 Å². The smallest absolute Gasteiger partial charge is 0.407 e. The van der Waals surface area contributed by atoms with Gasteiger partial charge in [0.15, 0.2) is 6.10 Å². The van der Waals surface area contributed by atoms with Crippen molar-refractivity contribution < 1.29 is 14.6 Å². The zero-order valence-corrected chi connectivity index (χ0v) is 11.2. The van der Waals surface area contributed by atoms with Gasteiger partial charge >= 0.3 is 6.09 Å². The van der Waals surface area contributed by atoms with Gasteiger partial charge in [-0.3, -0.25) is 0 Å². The van der Waals surface area contributed by atoms with Gasteiger partial charge in [0.05, 0.1) is 12.1 Å². The van der Waals surface area contributed by atoms with Crippen LogP contribution in [-0.2, 0) is 4.74 Å². The molecule has 0 unspecified atom stereocenters. The Morgan fingerprint density at radius 3 is 2.35 bits per heavy atom. The summed E-state index contributed by atoms with van der Waals surface area (Å²) in [6.45, 7) is 9.17. The zero-order chi connectivity index (χ0) is 13.6. The number of hydrogen-bond donors (Lipinski definition) is 2. The highest BCUT2D eigenvalue weighted by Gasteiger charge is 2.24. The van der Waals surface area contributed by atoms with Gasteiger partial charge in [-0.15, -0.1) is 0 Å². The third kappa shape index (κ3) is 7.58. The molecule has 0 radical (unpaired) electrons. The second kappa shape index (κ2) is 6.45. The number of nitriles is 1. The first-order valence-corrected chi connectivity index (χ1v) is 5.73. The van der Waals surface area contributed by atoms with E-state index in [9.17, 15) is 9.90 Å². The molecule has 0 fully saturated rings. The molecule has 0 aliphatic rings. The summed E-state index contributed by atoms with van der Waals surface area (Å²) < 4.78 is 5.07. The molecule has 0 bridgehead atoms. The second-order valence-corrected chi connectivity index (χ2v) is 5.46. The summed E-state index contributed by atoms with van der Waals surface area (Å²) >= 11 is 0. The Hall–Kier alpha value is -1.28. The van der Waals surface area contributed by atoms with Crippen LogP contribution in [0.1, 0.15) is 41.0 Å². The normalized spacial score (nSPS) is 14.9. The fraction of sp³-hybridized carbons (Fsp3) is 0.833. The van der Waals surface area contributed by atoms with E-state index in [4.69, 9.17) is 10.00 Å². The first kappa shape index (κ1) is 15.7. The molecule has 0 spiro atoms. The fourth-order valence-electron chi connectivity index (χ4n) is 1.32. The molecular weight excluding hydrogens is 220 g/mol. The largest absolute Gasteiger partial charge is 0.444 e. The Kier molecular flexibility index (Phi) is 5.97. The second-order valence-electron chi connectivity index (χ2n) is 5.46. The van der Waals surface area contributed by atoms with Crippen molar-refractivity contribution in [2.45, 2.75) is 58.8 Å². The van der Waals surface area contributed by atoms with Crippen molar-refractivity contribution in [2.75, 3.05) is 0 Å². The highest BCUT2D eigenvalue weighted by molar-refractivity contribution is 5.68. The Morgan fingerprint density at radius 1 is 1.47 bits per heavy atom. The number of hydrogen-bond acceptors (Lipinski definition) is 4. The molecule has 0 aromatic carbocycles. The first-order chi connectivity index (χ1) is 7.65. The molecule has 0 aromatic heterocycles. The maximum absolute atomic E-state index is 11.5. The van der Waals surface area contributed by atoms with E-state index in [1.54, 1.807) is 26.8 Å². The minimum atomic E-state index is -1.22. The van der Waals surface area contributed by atoms with E-state index < -0.39 is 23.8 Å². The van der Waals surface area contributed by atoms with Crippen molar-refractivity contribution in [3.05, 3.63) is 0 Å². The third-order valence-corrected chi connectivity index (χ3v) is 1.94. The van der Waals surface area contributed by atoms with Gasteiger partial charge < -0.3 is 15.2 Å². The SMILES string of the molecule is CC(C)C[C@H](NC(=O)OC(C)(C)C)[C@@H](O)C#N. The number of carbonyl (C=O) groups is 1. The Morgan fingerprint density at radius 2 is 2.00 bits per heavy atom. The maximum atomic E-state index is 11.5. The van der Waals surface area contributed by atoms with Gasteiger partial charge in [0.2, 0.25) is 0 Å². The van der Waals surface area contributed by atoms with Crippen molar-refractivity contribution in [3.8, 4) is 6.07 Å². The fourth-order valence-corrected chi connectivity index (χ4v) is 1.32. The summed E-state index contributed by atoms with van der Waals surface area (Å²) in [4.78, 5) is 11.5. The minimum Gasteiger partial charge on any atom is -0.444 e. The highest BCUT2D eigenvalue weighted by Crippen LogP contribution is 2.11. The predicted octanol–water partition coefficient (Wildman–Crippen LogP) is 1.81. The number of aliphatic hydroxyl groups excluding tert-OH is 1. The average Bonchev–Trinajstić information content (AvgIpc) is 2.11. The summed E-state index contributed by atoms with van der Waals surface area (Å²) in [5, 5.41) is 20.7. The number of amides is 1. The van der Waals surface area contributed by atoms with E-state index in [-0.39, 0.29) is 5.92 Å². The quantitative estimate of drug-likeness (QED) is 0.736. The van der Waals surface area contributed by atoms with Crippen molar-refractivity contribution >= 4 is 6.09 Å². The molecular formula is C12H22N2O3. The molecule has 17 heavy (non-hydrogen) atoms. The van der Waals surface area contributed by atoms with Crippen LogP contribution < -0.4 is 5.32 Å². The van der Waals surface area contributed by atoms with Crippen LogP contribution in [0.2, 0.25) is 0 Å². The lowest BCUT2D eigenvalue weighted by atomic mass is 10.00. The summed E-state index contributed by atoms with van der Waals surface area (Å²) in [7, 11) is 0. The van der Waals surface area contributed by atoms with E-state index in [1.807, 2.05) is 13.8 Å². The van der Waals surface area contributed by atoms with Gasteiger partial charge in [-0.05, 0) is 33.1 Å². The lowest BCUT2D eigenvalue weighted by molar-refractivity contribution is 0.0446. The van der Waals surface area contributed by atoms with Gasteiger partial charge in [-0.1, -0.05) is 13.8 Å². The van der Waals surface area contributed by atoms with Crippen LogP contribution in [0.3, 0.4) is 0 Å².